The molecule has 2 aromatic heterocycles. The molecule has 0 radical (unpaired) electrons. The Hall–Kier alpha value is -4.26. The number of rotatable bonds is 6. The number of hydrogen-bond donors (Lipinski definition) is 2. The quantitative estimate of drug-likeness (QED) is 0.307. The summed E-state index contributed by atoms with van der Waals surface area (Å²) in [5, 5.41) is 6.51. The van der Waals surface area contributed by atoms with Gasteiger partial charge in [-0.15, -0.1) is 11.8 Å². The molecule has 352 valence electrons. The maximum Gasteiger partial charge on any atom is 0.327 e. The Balaban J connectivity index is 1.14. The first-order valence-electron chi connectivity index (χ1n) is 23.6. The summed E-state index contributed by atoms with van der Waals surface area (Å²) in [5.41, 5.74) is 9.03. The van der Waals surface area contributed by atoms with Gasteiger partial charge in [-0.1, -0.05) is 19.9 Å². The molecule has 3 amide bonds. The lowest BCUT2D eigenvalue weighted by Gasteiger charge is -2.44. The van der Waals surface area contributed by atoms with Gasteiger partial charge in [-0.25, -0.2) is 15.0 Å². The standard InChI is InChI=1S/C48H67N9O7S/c1-8-55-40-11-10-32-20-35(40)37(43(55)36-21-33(24-49-42(36)31(3)61-7)54-15-14-53-16-18-63-27-34(53)25-54)23-47(4,5)29-64-45(59)48(6)12-9-13-57(52-48)44(58)38(22-41-50-39(32)28-65-41)51-46(60)56-17-19-62-26-30(56)2/h10-11,20-21,24,30-31,34,38-39,52H,8-9,12-19,22-23,25-29H2,1-7H3,(H,51,60)/t30-,31-,34-,38-,39?,48+/m0/s1. The second-order valence-corrected chi connectivity index (χ2v) is 20.8. The number of cyclic esters (lactones) is 1. The van der Waals surface area contributed by atoms with Crippen molar-refractivity contribution in [2.75, 3.05) is 90.1 Å². The molecule has 3 aromatic rings. The van der Waals surface area contributed by atoms with E-state index in [-0.39, 0.29) is 43.2 Å². The molecule has 16 nitrogen and oxygen atoms in total. The predicted molar refractivity (Wildman–Crippen MR) is 252 cm³/mol. The van der Waals surface area contributed by atoms with Crippen LogP contribution in [0.4, 0.5) is 10.5 Å². The monoisotopic (exact) mass is 913 g/mol. The summed E-state index contributed by atoms with van der Waals surface area (Å²) in [6.07, 6.45) is 3.65. The van der Waals surface area contributed by atoms with Crippen molar-refractivity contribution in [1.29, 1.82) is 0 Å². The molecule has 8 heterocycles. The van der Waals surface area contributed by atoms with E-state index in [1.165, 1.54) is 5.01 Å². The van der Waals surface area contributed by atoms with E-state index in [9.17, 15) is 14.4 Å². The fraction of sp³-hybridized carbons (Fsp3) is 0.646. The normalized spacial score (nSPS) is 28.4. The van der Waals surface area contributed by atoms with Crippen LogP contribution >= 0.6 is 11.8 Å². The van der Waals surface area contributed by atoms with Crippen molar-refractivity contribution in [1.82, 2.24) is 35.1 Å². The number of hydrazine groups is 1. The number of nitrogens with zero attached hydrogens (tertiary/aromatic N) is 7. The predicted octanol–water partition coefficient (Wildman–Crippen LogP) is 5.34. The largest absolute Gasteiger partial charge is 0.464 e. The van der Waals surface area contributed by atoms with E-state index in [0.717, 1.165) is 95.6 Å². The minimum absolute atomic E-state index is 0.137. The number of nitrogens with one attached hydrogen (secondary N) is 2. The first-order chi connectivity index (χ1) is 31.3. The number of carbonyl (C=O) groups is 3. The van der Waals surface area contributed by atoms with Crippen LogP contribution < -0.4 is 15.6 Å². The van der Waals surface area contributed by atoms with Crippen molar-refractivity contribution in [3.63, 3.8) is 0 Å². The fourth-order valence-electron chi connectivity index (χ4n) is 10.5. The van der Waals surface area contributed by atoms with Crippen molar-refractivity contribution in [2.24, 2.45) is 10.4 Å². The zero-order chi connectivity index (χ0) is 45.6. The van der Waals surface area contributed by atoms with Crippen molar-refractivity contribution < 1.29 is 33.3 Å². The number of aryl methyl sites for hydroxylation is 1. The van der Waals surface area contributed by atoms with E-state index in [0.29, 0.717) is 57.4 Å². The van der Waals surface area contributed by atoms with Gasteiger partial charge in [0.2, 0.25) is 0 Å². The van der Waals surface area contributed by atoms with E-state index in [2.05, 4.69) is 77.1 Å². The molecule has 4 fully saturated rings. The van der Waals surface area contributed by atoms with E-state index >= 15 is 0 Å². The zero-order valence-electron chi connectivity index (χ0n) is 39.2. The molecule has 6 bridgehead atoms. The van der Waals surface area contributed by atoms with Crippen molar-refractivity contribution >= 4 is 51.3 Å². The summed E-state index contributed by atoms with van der Waals surface area (Å²) >= 11 is 1.63. The van der Waals surface area contributed by atoms with Gasteiger partial charge in [0.1, 0.15) is 11.6 Å². The molecule has 0 aliphatic carbocycles. The third kappa shape index (κ3) is 9.25. The van der Waals surface area contributed by atoms with Crippen LogP contribution in [0.25, 0.3) is 22.2 Å². The number of benzene rings is 1. The van der Waals surface area contributed by atoms with Gasteiger partial charge in [0, 0.05) is 87.0 Å². The zero-order valence-corrected chi connectivity index (χ0v) is 40.0. The van der Waals surface area contributed by atoms with E-state index < -0.39 is 23.0 Å². The summed E-state index contributed by atoms with van der Waals surface area (Å²) in [6, 6.07) is 7.85. The van der Waals surface area contributed by atoms with Crippen LogP contribution in [-0.4, -0.2) is 156 Å². The Morgan fingerprint density at radius 3 is 2.69 bits per heavy atom. The van der Waals surface area contributed by atoms with Gasteiger partial charge in [-0.3, -0.25) is 24.7 Å². The second-order valence-electron chi connectivity index (χ2n) is 19.7. The number of amides is 3. The molecule has 1 aromatic carbocycles. The highest BCUT2D eigenvalue weighted by atomic mass is 32.2. The molecular weight excluding hydrogens is 847 g/mol. The summed E-state index contributed by atoms with van der Waals surface area (Å²) < 4.78 is 26.2. The average Bonchev–Trinajstić information content (AvgIpc) is 3.91. The molecule has 6 aliphatic heterocycles. The lowest BCUT2D eigenvalue weighted by Crippen LogP contribution is -2.66. The molecule has 0 spiro atoms. The van der Waals surface area contributed by atoms with Gasteiger partial charge in [0.05, 0.1) is 85.6 Å². The summed E-state index contributed by atoms with van der Waals surface area (Å²) in [7, 11) is 1.73. The minimum Gasteiger partial charge on any atom is -0.464 e. The molecule has 6 atom stereocenters. The Morgan fingerprint density at radius 1 is 1.08 bits per heavy atom. The molecule has 2 N–H and O–H groups in total. The molecule has 1 unspecified atom stereocenters. The van der Waals surface area contributed by atoms with Gasteiger partial charge in [-0.05, 0) is 76.3 Å². The molecular formula is C48H67N9O7S. The van der Waals surface area contributed by atoms with Crippen LogP contribution in [0.15, 0.2) is 35.5 Å². The van der Waals surface area contributed by atoms with Crippen molar-refractivity contribution in [3.8, 4) is 11.3 Å². The highest BCUT2D eigenvalue weighted by molar-refractivity contribution is 8.14. The number of anilines is 1. The number of aromatic nitrogens is 2. The molecule has 6 aliphatic rings. The van der Waals surface area contributed by atoms with Gasteiger partial charge < -0.3 is 38.6 Å². The lowest BCUT2D eigenvalue weighted by molar-refractivity contribution is -0.162. The SMILES string of the molecule is CCn1c(-c2cc(N3CCN4CCOC[C@@H]4C3)cnc2[C@H](C)OC)c2c3cc(ccc31)C1CSC(=N1)C[C@H](NC(=O)N1CCOC[C@@H]1C)C(=O)N1CCC[C@@](C)(N1)C(=O)OCC(C)(C)C2. The van der Waals surface area contributed by atoms with Crippen LogP contribution in [0.3, 0.4) is 0 Å². The number of thioether (sulfide) groups is 1. The third-order valence-corrected chi connectivity index (χ3v) is 15.4. The van der Waals surface area contributed by atoms with Crippen molar-refractivity contribution in [3.05, 3.63) is 47.3 Å². The Kier molecular flexibility index (Phi) is 13.3. The third-order valence-electron chi connectivity index (χ3n) is 14.3. The number of esters is 1. The highest BCUT2D eigenvalue weighted by Gasteiger charge is 2.44. The van der Waals surface area contributed by atoms with Gasteiger partial charge in [0.25, 0.3) is 5.91 Å². The number of morpholine rings is 2. The molecule has 9 rings (SSSR count). The molecule has 65 heavy (non-hydrogen) atoms. The van der Waals surface area contributed by atoms with Gasteiger partial charge >= 0.3 is 12.0 Å². The summed E-state index contributed by atoms with van der Waals surface area (Å²) in [4.78, 5) is 59.8. The summed E-state index contributed by atoms with van der Waals surface area (Å²) in [6.45, 7) is 20.1. The first kappa shape index (κ1) is 45.9. The Labute approximate surface area is 387 Å². The number of piperazine rings is 1. The number of hydrogen-bond acceptors (Lipinski definition) is 13. The number of urea groups is 1. The van der Waals surface area contributed by atoms with Crippen LogP contribution in [-0.2, 0) is 41.5 Å². The van der Waals surface area contributed by atoms with Crippen LogP contribution in [0.1, 0.15) is 89.8 Å². The Bertz CT molecular complexity index is 2320. The highest BCUT2D eigenvalue weighted by Crippen LogP contribution is 2.44. The van der Waals surface area contributed by atoms with Crippen molar-refractivity contribution in [2.45, 2.75) is 110 Å². The number of pyridine rings is 1. The fourth-order valence-corrected chi connectivity index (χ4v) is 11.6. The van der Waals surface area contributed by atoms with E-state index in [1.807, 2.05) is 13.1 Å². The maximum atomic E-state index is 14.5. The lowest BCUT2D eigenvalue weighted by atomic mass is 9.84. The second kappa shape index (κ2) is 18.8. The number of fused-ring (bicyclic) bond motifs is 6. The smallest absolute Gasteiger partial charge is 0.327 e. The molecule has 0 saturated carbocycles. The average molecular weight is 914 g/mol. The Morgan fingerprint density at radius 2 is 1.89 bits per heavy atom. The van der Waals surface area contributed by atoms with Crippen LogP contribution in [0.2, 0.25) is 0 Å². The number of methoxy groups -OCH3 is 1. The van der Waals surface area contributed by atoms with Gasteiger partial charge in [0.15, 0.2) is 0 Å². The molecule has 4 saturated heterocycles. The van der Waals surface area contributed by atoms with Crippen LogP contribution in [0, 0.1) is 5.41 Å². The number of aliphatic imine (C=N–C) groups is 1. The van der Waals surface area contributed by atoms with Crippen LogP contribution in [0.5, 0.6) is 0 Å². The minimum atomic E-state index is -1.15. The van der Waals surface area contributed by atoms with E-state index in [1.54, 1.807) is 30.7 Å². The van der Waals surface area contributed by atoms with Gasteiger partial charge in [-0.2, -0.15) is 0 Å². The topological polar surface area (TPSA) is 155 Å². The maximum absolute atomic E-state index is 14.5. The summed E-state index contributed by atoms with van der Waals surface area (Å²) in [5.74, 6) is -0.0150. The van der Waals surface area contributed by atoms with E-state index in [4.69, 9.17) is 28.9 Å². The first-order valence-corrected chi connectivity index (χ1v) is 24.6. The molecule has 17 heteroatoms. The number of carbonyl (C=O) groups excluding carboxylic acids is 3. The number of ether oxygens (including phenoxy) is 4.